The zero-order chi connectivity index (χ0) is 14.0. The largest absolute Gasteiger partial charge is 0.482 e. The summed E-state index contributed by atoms with van der Waals surface area (Å²) in [6.07, 6.45) is 0. The van der Waals surface area contributed by atoms with Crippen molar-refractivity contribution in [2.45, 2.75) is 11.8 Å². The number of benzene rings is 1. The van der Waals surface area contributed by atoms with Gasteiger partial charge in [0.2, 0.25) is 0 Å². The number of nitrogens with zero attached hydrogens (tertiary/aromatic N) is 2. The average molecular weight is 280 g/mol. The molecule has 1 heterocycles. The summed E-state index contributed by atoms with van der Waals surface area (Å²) < 4.78 is 28.9. The van der Waals surface area contributed by atoms with Gasteiger partial charge in [-0.1, -0.05) is 6.92 Å². The quantitative estimate of drug-likeness (QED) is 0.762. The van der Waals surface area contributed by atoms with Crippen molar-refractivity contribution in [2.24, 2.45) is 0 Å². The number of fused-ring (bicyclic) bond motifs is 1. The van der Waals surface area contributed by atoms with E-state index in [0.717, 1.165) is 0 Å². The minimum atomic E-state index is -3.36. The topological polar surface area (TPSA) is 87.5 Å². The summed E-state index contributed by atoms with van der Waals surface area (Å²) in [6, 6.07) is 6.21. The van der Waals surface area contributed by atoms with Crippen LogP contribution in [0.5, 0.6) is 5.75 Å². The number of nitriles is 1. The lowest BCUT2D eigenvalue weighted by Gasteiger charge is -2.27. The van der Waals surface area contributed by atoms with E-state index in [0.29, 0.717) is 11.4 Å². The number of hydrogen-bond donors (Lipinski definition) is 0. The maximum absolute atomic E-state index is 11.8. The van der Waals surface area contributed by atoms with Gasteiger partial charge in [0.25, 0.3) is 5.91 Å². The second-order valence-electron chi connectivity index (χ2n) is 3.96. The van der Waals surface area contributed by atoms with E-state index in [1.54, 1.807) is 6.92 Å². The van der Waals surface area contributed by atoms with Crippen molar-refractivity contribution >= 4 is 21.4 Å². The molecule has 1 aliphatic rings. The van der Waals surface area contributed by atoms with Gasteiger partial charge < -0.3 is 4.74 Å². The van der Waals surface area contributed by atoms with Crippen LogP contribution in [0.4, 0.5) is 5.69 Å². The van der Waals surface area contributed by atoms with Crippen molar-refractivity contribution in [3.05, 3.63) is 18.2 Å². The van der Waals surface area contributed by atoms with Crippen LogP contribution in [0.1, 0.15) is 6.92 Å². The van der Waals surface area contributed by atoms with Crippen molar-refractivity contribution < 1.29 is 17.9 Å². The van der Waals surface area contributed by atoms with Crippen LogP contribution in [0.15, 0.2) is 23.1 Å². The molecule has 1 aromatic rings. The van der Waals surface area contributed by atoms with Gasteiger partial charge in [-0.3, -0.25) is 9.69 Å². The van der Waals surface area contributed by atoms with E-state index in [4.69, 9.17) is 10.00 Å². The molecule has 0 bridgehead atoms. The molecular formula is C12H12N2O4S. The van der Waals surface area contributed by atoms with E-state index in [-0.39, 0.29) is 29.7 Å². The molecule has 0 aliphatic carbocycles. The van der Waals surface area contributed by atoms with E-state index in [9.17, 15) is 13.2 Å². The standard InChI is InChI=1S/C12H12N2O4S/c1-2-19(16,17)9-3-4-11-10(7-9)14(6-5-13)12(15)8-18-11/h3-4,7H,2,6,8H2,1H3. The Kier molecular flexibility index (Phi) is 3.44. The zero-order valence-corrected chi connectivity index (χ0v) is 11.1. The van der Waals surface area contributed by atoms with Crippen molar-refractivity contribution in [2.75, 3.05) is 23.8 Å². The molecule has 0 spiro atoms. The number of hydrogen-bond acceptors (Lipinski definition) is 5. The number of amides is 1. The molecule has 7 heteroatoms. The fraction of sp³-hybridized carbons (Fsp3) is 0.333. The van der Waals surface area contributed by atoms with Crippen molar-refractivity contribution in [1.29, 1.82) is 5.26 Å². The first kappa shape index (κ1) is 13.4. The summed E-state index contributed by atoms with van der Waals surface area (Å²) in [7, 11) is -3.36. The first-order chi connectivity index (χ1) is 8.99. The van der Waals surface area contributed by atoms with Crippen molar-refractivity contribution in [1.82, 2.24) is 0 Å². The van der Waals surface area contributed by atoms with Gasteiger partial charge in [-0.05, 0) is 18.2 Å². The zero-order valence-electron chi connectivity index (χ0n) is 10.3. The lowest BCUT2D eigenvalue weighted by molar-refractivity contribution is -0.121. The molecule has 1 aromatic carbocycles. The Labute approximate surface area is 111 Å². The van der Waals surface area contributed by atoms with Gasteiger partial charge in [-0.2, -0.15) is 5.26 Å². The lowest BCUT2D eigenvalue weighted by Crippen LogP contribution is -2.39. The maximum Gasteiger partial charge on any atom is 0.265 e. The smallest absolute Gasteiger partial charge is 0.265 e. The number of anilines is 1. The highest BCUT2D eigenvalue weighted by Gasteiger charge is 2.27. The summed E-state index contributed by atoms with van der Waals surface area (Å²) in [4.78, 5) is 13.0. The number of carbonyl (C=O) groups excluding carboxylic acids is 1. The lowest BCUT2D eigenvalue weighted by atomic mass is 10.2. The summed E-state index contributed by atoms with van der Waals surface area (Å²) in [5.74, 6) is 0.0174. The monoisotopic (exact) mass is 280 g/mol. The van der Waals surface area contributed by atoms with Gasteiger partial charge in [-0.15, -0.1) is 0 Å². The average Bonchev–Trinajstić information content (AvgIpc) is 2.41. The maximum atomic E-state index is 11.8. The van der Waals surface area contributed by atoms with Crippen LogP contribution < -0.4 is 9.64 Å². The van der Waals surface area contributed by atoms with Crippen LogP contribution >= 0.6 is 0 Å². The molecular weight excluding hydrogens is 268 g/mol. The Morgan fingerprint density at radius 1 is 1.47 bits per heavy atom. The van der Waals surface area contributed by atoms with Crippen molar-refractivity contribution in [3.63, 3.8) is 0 Å². The molecule has 0 saturated heterocycles. The highest BCUT2D eigenvalue weighted by molar-refractivity contribution is 7.91. The predicted octanol–water partition coefficient (Wildman–Crippen LogP) is 0.729. The number of ether oxygens (including phenoxy) is 1. The summed E-state index contributed by atoms with van der Waals surface area (Å²) in [5, 5.41) is 8.73. The molecule has 1 aliphatic heterocycles. The molecule has 2 rings (SSSR count). The van der Waals surface area contributed by atoms with E-state index in [1.807, 2.05) is 6.07 Å². The minimum absolute atomic E-state index is 0.0289. The number of rotatable bonds is 3. The molecule has 6 nitrogen and oxygen atoms in total. The van der Waals surface area contributed by atoms with Gasteiger partial charge in [0, 0.05) is 0 Å². The van der Waals surface area contributed by atoms with Gasteiger partial charge >= 0.3 is 0 Å². The normalized spacial score (nSPS) is 14.5. The molecule has 0 atom stereocenters. The Morgan fingerprint density at radius 3 is 2.84 bits per heavy atom. The third kappa shape index (κ3) is 2.39. The molecule has 0 radical (unpaired) electrons. The van der Waals surface area contributed by atoms with E-state index in [2.05, 4.69) is 0 Å². The molecule has 0 aromatic heterocycles. The Bertz CT molecular complexity index is 661. The van der Waals surface area contributed by atoms with Crippen LogP contribution in [0.25, 0.3) is 0 Å². The minimum Gasteiger partial charge on any atom is -0.482 e. The molecule has 0 fully saturated rings. The second-order valence-corrected chi connectivity index (χ2v) is 6.24. The van der Waals surface area contributed by atoms with Crippen LogP contribution in [0.3, 0.4) is 0 Å². The third-order valence-corrected chi connectivity index (χ3v) is 4.57. The second kappa shape index (κ2) is 4.90. The van der Waals surface area contributed by atoms with Gasteiger partial charge in [0.05, 0.1) is 22.4 Å². The van der Waals surface area contributed by atoms with Gasteiger partial charge in [0.1, 0.15) is 12.3 Å². The first-order valence-corrected chi connectivity index (χ1v) is 7.31. The summed E-state index contributed by atoms with van der Waals surface area (Å²) >= 11 is 0. The summed E-state index contributed by atoms with van der Waals surface area (Å²) in [6.45, 7) is 1.27. The molecule has 19 heavy (non-hydrogen) atoms. The van der Waals surface area contributed by atoms with E-state index < -0.39 is 9.84 Å². The fourth-order valence-corrected chi connectivity index (χ4v) is 2.69. The third-order valence-electron chi connectivity index (χ3n) is 2.84. The van der Waals surface area contributed by atoms with Crippen LogP contribution in [-0.4, -0.2) is 33.2 Å². The molecule has 0 N–H and O–H groups in total. The van der Waals surface area contributed by atoms with Crippen LogP contribution in [-0.2, 0) is 14.6 Å². The van der Waals surface area contributed by atoms with Crippen LogP contribution in [0.2, 0.25) is 0 Å². The molecule has 1 amide bonds. The fourth-order valence-electron chi connectivity index (χ4n) is 1.79. The SMILES string of the molecule is CCS(=O)(=O)c1ccc2c(c1)N(CC#N)C(=O)CO2. The summed E-state index contributed by atoms with van der Waals surface area (Å²) in [5.41, 5.74) is 0.326. The Balaban J connectivity index is 2.54. The van der Waals surface area contributed by atoms with E-state index >= 15 is 0 Å². The highest BCUT2D eigenvalue weighted by Crippen LogP contribution is 2.34. The molecule has 0 saturated carbocycles. The predicted molar refractivity (Wildman–Crippen MR) is 67.6 cm³/mol. The van der Waals surface area contributed by atoms with Gasteiger partial charge in [-0.25, -0.2) is 8.42 Å². The van der Waals surface area contributed by atoms with Crippen molar-refractivity contribution in [3.8, 4) is 11.8 Å². The Hall–Kier alpha value is -2.07. The number of carbonyl (C=O) groups is 1. The first-order valence-electron chi connectivity index (χ1n) is 5.66. The van der Waals surface area contributed by atoms with Crippen LogP contribution in [0, 0.1) is 11.3 Å². The van der Waals surface area contributed by atoms with E-state index in [1.165, 1.54) is 23.1 Å². The number of sulfone groups is 1. The highest BCUT2D eigenvalue weighted by atomic mass is 32.2. The Morgan fingerprint density at radius 2 is 2.21 bits per heavy atom. The van der Waals surface area contributed by atoms with Gasteiger partial charge in [0.15, 0.2) is 16.4 Å². The molecule has 100 valence electrons. The molecule has 0 unspecified atom stereocenters.